The highest BCUT2D eigenvalue weighted by Gasteiger charge is 2.10. The molecule has 2 N–H and O–H groups in total. The molecule has 4 heteroatoms. The zero-order chi connectivity index (χ0) is 12.1. The Morgan fingerprint density at radius 3 is 2.76 bits per heavy atom. The Morgan fingerprint density at radius 1 is 1.24 bits per heavy atom. The van der Waals surface area contributed by atoms with Crippen molar-refractivity contribution in [2.75, 3.05) is 32.0 Å². The minimum absolute atomic E-state index is 0.252. The molecule has 1 aliphatic rings. The Kier molecular flexibility index (Phi) is 4.20. The van der Waals surface area contributed by atoms with E-state index in [2.05, 4.69) is 4.90 Å². The molecule has 1 aliphatic heterocycles. The molecule has 1 aromatic rings. The van der Waals surface area contributed by atoms with Crippen molar-refractivity contribution in [3.8, 4) is 5.75 Å². The van der Waals surface area contributed by atoms with E-state index in [1.807, 2.05) is 0 Å². The number of rotatable bonds is 4. The first kappa shape index (κ1) is 12.2. The predicted molar refractivity (Wildman–Crippen MR) is 66.6 cm³/mol. The van der Waals surface area contributed by atoms with E-state index in [0.29, 0.717) is 12.3 Å². The van der Waals surface area contributed by atoms with E-state index >= 15 is 0 Å². The van der Waals surface area contributed by atoms with Crippen LogP contribution in [0.2, 0.25) is 0 Å². The number of ether oxygens (including phenoxy) is 1. The summed E-state index contributed by atoms with van der Waals surface area (Å²) in [6, 6.07) is 4.41. The number of nitrogens with zero attached hydrogens (tertiary/aromatic N) is 1. The Hall–Kier alpha value is -1.29. The first-order valence-corrected chi connectivity index (χ1v) is 6.16. The van der Waals surface area contributed by atoms with Gasteiger partial charge in [0.15, 0.2) is 11.6 Å². The lowest BCUT2D eigenvalue weighted by Crippen LogP contribution is -2.33. The SMILES string of the molecule is Nc1ccc(F)c(OCCN2CCCCC2)c1. The average molecular weight is 238 g/mol. The minimum Gasteiger partial charge on any atom is -0.489 e. The molecule has 0 aromatic heterocycles. The lowest BCUT2D eigenvalue weighted by molar-refractivity contribution is 0.180. The summed E-state index contributed by atoms with van der Waals surface area (Å²) in [6.45, 7) is 3.63. The number of benzene rings is 1. The third-order valence-corrected chi connectivity index (χ3v) is 3.07. The Balaban J connectivity index is 1.79. The molecule has 0 radical (unpaired) electrons. The Bertz CT molecular complexity index is 364. The highest BCUT2D eigenvalue weighted by atomic mass is 19.1. The fourth-order valence-electron chi connectivity index (χ4n) is 2.10. The molecule has 94 valence electrons. The van der Waals surface area contributed by atoms with Gasteiger partial charge in [-0.25, -0.2) is 4.39 Å². The molecule has 1 heterocycles. The maximum Gasteiger partial charge on any atom is 0.165 e. The molecule has 0 amide bonds. The minimum atomic E-state index is -0.349. The van der Waals surface area contributed by atoms with Crippen LogP contribution in [0.1, 0.15) is 19.3 Å². The summed E-state index contributed by atoms with van der Waals surface area (Å²) in [5.41, 5.74) is 6.11. The van der Waals surface area contributed by atoms with Gasteiger partial charge >= 0.3 is 0 Å². The third-order valence-electron chi connectivity index (χ3n) is 3.07. The molecule has 0 saturated carbocycles. The van der Waals surface area contributed by atoms with Gasteiger partial charge in [0, 0.05) is 18.3 Å². The number of nitrogen functional groups attached to an aromatic ring is 1. The molecule has 3 nitrogen and oxygen atoms in total. The van der Waals surface area contributed by atoms with Crippen molar-refractivity contribution < 1.29 is 9.13 Å². The molecular formula is C13H19FN2O. The van der Waals surface area contributed by atoms with Crippen molar-refractivity contribution in [3.05, 3.63) is 24.0 Å². The zero-order valence-corrected chi connectivity index (χ0v) is 9.99. The molecule has 0 unspecified atom stereocenters. The van der Waals surface area contributed by atoms with E-state index in [-0.39, 0.29) is 11.6 Å². The van der Waals surface area contributed by atoms with E-state index in [4.69, 9.17) is 10.5 Å². The van der Waals surface area contributed by atoms with Crippen LogP contribution < -0.4 is 10.5 Å². The molecule has 0 atom stereocenters. The van der Waals surface area contributed by atoms with Crippen molar-refractivity contribution in [2.45, 2.75) is 19.3 Å². The van der Waals surface area contributed by atoms with E-state index in [1.165, 1.54) is 37.5 Å². The van der Waals surface area contributed by atoms with Gasteiger partial charge in [-0.05, 0) is 38.1 Å². The summed E-state index contributed by atoms with van der Waals surface area (Å²) >= 11 is 0. The Labute approximate surface area is 101 Å². The molecule has 17 heavy (non-hydrogen) atoms. The van der Waals surface area contributed by atoms with Crippen molar-refractivity contribution in [2.24, 2.45) is 0 Å². The van der Waals surface area contributed by atoms with Crippen molar-refractivity contribution in [3.63, 3.8) is 0 Å². The van der Waals surface area contributed by atoms with Crippen LogP contribution in [-0.4, -0.2) is 31.1 Å². The van der Waals surface area contributed by atoms with E-state index in [1.54, 1.807) is 0 Å². The maximum absolute atomic E-state index is 13.3. The molecule has 1 saturated heterocycles. The van der Waals surface area contributed by atoms with Crippen LogP contribution in [0, 0.1) is 5.82 Å². The highest BCUT2D eigenvalue weighted by Crippen LogP contribution is 2.20. The third kappa shape index (κ3) is 3.60. The molecule has 0 aliphatic carbocycles. The van der Waals surface area contributed by atoms with Gasteiger partial charge in [-0.1, -0.05) is 6.42 Å². The molecular weight excluding hydrogens is 219 g/mol. The quantitative estimate of drug-likeness (QED) is 0.818. The number of piperidine rings is 1. The fraction of sp³-hybridized carbons (Fsp3) is 0.538. The highest BCUT2D eigenvalue weighted by molar-refractivity contribution is 5.44. The summed E-state index contributed by atoms with van der Waals surface area (Å²) in [5, 5.41) is 0. The number of nitrogens with two attached hydrogens (primary N) is 1. The monoisotopic (exact) mass is 238 g/mol. The van der Waals surface area contributed by atoms with Gasteiger partial charge in [-0.3, -0.25) is 4.90 Å². The first-order valence-electron chi connectivity index (χ1n) is 6.16. The summed E-state index contributed by atoms with van der Waals surface area (Å²) in [6.07, 6.45) is 3.83. The van der Waals surface area contributed by atoms with Gasteiger partial charge in [-0.15, -0.1) is 0 Å². The summed E-state index contributed by atoms with van der Waals surface area (Å²) < 4.78 is 18.8. The van der Waals surface area contributed by atoms with Gasteiger partial charge in [0.25, 0.3) is 0 Å². The number of hydrogen-bond acceptors (Lipinski definition) is 3. The normalized spacial score (nSPS) is 17.0. The van der Waals surface area contributed by atoms with Crippen LogP contribution in [0.3, 0.4) is 0 Å². The second-order valence-corrected chi connectivity index (χ2v) is 4.44. The summed E-state index contributed by atoms with van der Waals surface area (Å²) in [5.74, 6) is -0.0974. The maximum atomic E-state index is 13.3. The van der Waals surface area contributed by atoms with Crippen molar-refractivity contribution in [1.29, 1.82) is 0 Å². The van der Waals surface area contributed by atoms with Crippen LogP contribution in [0.5, 0.6) is 5.75 Å². The van der Waals surface area contributed by atoms with Crippen LogP contribution in [-0.2, 0) is 0 Å². The lowest BCUT2D eigenvalue weighted by atomic mass is 10.1. The fourth-order valence-corrected chi connectivity index (χ4v) is 2.10. The van der Waals surface area contributed by atoms with E-state index < -0.39 is 0 Å². The molecule has 0 bridgehead atoms. The summed E-state index contributed by atoms with van der Waals surface area (Å²) in [7, 11) is 0. The Morgan fingerprint density at radius 2 is 2.00 bits per heavy atom. The molecule has 0 spiro atoms. The van der Waals surface area contributed by atoms with E-state index in [0.717, 1.165) is 19.6 Å². The first-order chi connectivity index (χ1) is 8.25. The van der Waals surface area contributed by atoms with Gasteiger partial charge in [0.2, 0.25) is 0 Å². The van der Waals surface area contributed by atoms with Gasteiger partial charge in [0.1, 0.15) is 6.61 Å². The van der Waals surface area contributed by atoms with Crippen molar-refractivity contribution >= 4 is 5.69 Å². The number of halogens is 1. The van der Waals surface area contributed by atoms with E-state index in [9.17, 15) is 4.39 Å². The van der Waals surface area contributed by atoms with Crippen LogP contribution in [0.25, 0.3) is 0 Å². The van der Waals surface area contributed by atoms with Gasteiger partial charge in [0.05, 0.1) is 0 Å². The van der Waals surface area contributed by atoms with Crippen molar-refractivity contribution in [1.82, 2.24) is 4.90 Å². The molecule has 1 fully saturated rings. The van der Waals surface area contributed by atoms with Gasteiger partial charge < -0.3 is 10.5 Å². The second-order valence-electron chi connectivity index (χ2n) is 4.44. The molecule has 2 rings (SSSR count). The molecule has 1 aromatic carbocycles. The number of likely N-dealkylation sites (tertiary alicyclic amines) is 1. The van der Waals surface area contributed by atoms with Crippen LogP contribution in [0.4, 0.5) is 10.1 Å². The number of anilines is 1. The average Bonchev–Trinajstić information content (AvgIpc) is 2.35. The van der Waals surface area contributed by atoms with Crippen LogP contribution in [0.15, 0.2) is 18.2 Å². The standard InChI is InChI=1S/C13H19FN2O/c14-12-5-4-11(15)10-13(12)17-9-8-16-6-2-1-3-7-16/h4-5,10H,1-3,6-9,15H2. The largest absolute Gasteiger partial charge is 0.489 e. The topological polar surface area (TPSA) is 38.5 Å². The smallest absolute Gasteiger partial charge is 0.165 e. The second kappa shape index (κ2) is 5.87. The predicted octanol–water partition coefficient (Wildman–Crippen LogP) is 2.27. The number of hydrogen-bond donors (Lipinski definition) is 1. The van der Waals surface area contributed by atoms with Crippen LogP contribution >= 0.6 is 0 Å². The zero-order valence-electron chi connectivity index (χ0n) is 9.99. The lowest BCUT2D eigenvalue weighted by Gasteiger charge is -2.26. The summed E-state index contributed by atoms with van der Waals surface area (Å²) in [4.78, 5) is 2.35. The van der Waals surface area contributed by atoms with Gasteiger partial charge in [-0.2, -0.15) is 0 Å².